The number of nitrogens with zero attached hydrogens (tertiary/aromatic N) is 2. The maximum absolute atomic E-state index is 12.2. The Labute approximate surface area is 111 Å². The molecule has 0 saturated heterocycles. The molecule has 0 bridgehead atoms. The zero-order chi connectivity index (χ0) is 13.1. The van der Waals surface area contributed by atoms with Crippen LogP contribution in [0.25, 0.3) is 10.8 Å². The normalized spacial score (nSPS) is 10.5. The van der Waals surface area contributed by atoms with Gasteiger partial charge < -0.3 is 0 Å². The second kappa shape index (κ2) is 4.98. The molecule has 2 aromatic heterocycles. The fourth-order valence-corrected chi connectivity index (χ4v) is 2.02. The highest BCUT2D eigenvalue weighted by Gasteiger charge is 2.13. The van der Waals surface area contributed by atoms with E-state index in [0.717, 1.165) is 10.8 Å². The van der Waals surface area contributed by atoms with Gasteiger partial charge in [0.25, 0.3) is 0 Å². The van der Waals surface area contributed by atoms with E-state index in [0.29, 0.717) is 12.2 Å². The maximum atomic E-state index is 12.2. The topological polar surface area (TPSA) is 33.8 Å². The number of hydrogen-bond donors (Lipinski definition) is 0. The zero-order valence-electron chi connectivity index (χ0n) is 10.4. The van der Waals surface area contributed by atoms with E-state index < -0.39 is 0 Å². The van der Waals surface area contributed by atoms with Gasteiger partial charge in [-0.2, -0.15) is 4.57 Å². The van der Waals surface area contributed by atoms with Gasteiger partial charge in [-0.05, 0) is 11.5 Å². The first-order chi connectivity index (χ1) is 9.33. The number of hydrogen-bond acceptors (Lipinski definition) is 2. The second-order valence-corrected chi connectivity index (χ2v) is 4.39. The van der Waals surface area contributed by atoms with E-state index in [4.69, 9.17) is 0 Å². The van der Waals surface area contributed by atoms with Crippen molar-refractivity contribution >= 4 is 16.6 Å². The Bertz CT molecular complexity index is 723. The molecule has 0 spiro atoms. The van der Waals surface area contributed by atoms with Crippen LogP contribution >= 0.6 is 0 Å². The third-order valence-corrected chi connectivity index (χ3v) is 3.02. The van der Waals surface area contributed by atoms with Crippen molar-refractivity contribution in [1.82, 2.24) is 4.98 Å². The molecule has 1 aromatic carbocycles. The molecule has 3 heteroatoms. The van der Waals surface area contributed by atoms with Crippen LogP contribution in [0.5, 0.6) is 0 Å². The van der Waals surface area contributed by atoms with E-state index >= 15 is 0 Å². The number of carbonyl (C=O) groups excluding carboxylic acids is 1. The van der Waals surface area contributed by atoms with Gasteiger partial charge in [0.2, 0.25) is 12.3 Å². The van der Waals surface area contributed by atoms with E-state index in [9.17, 15) is 4.79 Å². The van der Waals surface area contributed by atoms with Gasteiger partial charge in [-0.1, -0.05) is 30.3 Å². The van der Waals surface area contributed by atoms with Gasteiger partial charge in [0.05, 0.1) is 0 Å². The summed E-state index contributed by atoms with van der Waals surface area (Å²) in [5, 5.41) is 2.09. The lowest BCUT2D eigenvalue weighted by molar-refractivity contribution is -0.683. The van der Waals surface area contributed by atoms with Crippen molar-refractivity contribution in [2.24, 2.45) is 0 Å². The summed E-state index contributed by atoms with van der Waals surface area (Å²) in [6.07, 6.45) is 5.50. The van der Waals surface area contributed by atoms with E-state index in [2.05, 4.69) is 4.98 Å². The first-order valence-corrected chi connectivity index (χ1v) is 6.15. The molecular formula is C16H13N2O+. The number of aromatic nitrogens is 2. The van der Waals surface area contributed by atoms with Crippen LogP contribution in [0, 0.1) is 0 Å². The Hall–Kier alpha value is -2.55. The zero-order valence-corrected chi connectivity index (χ0v) is 10.4. The minimum Gasteiger partial charge on any atom is -0.285 e. The second-order valence-electron chi connectivity index (χ2n) is 4.39. The summed E-state index contributed by atoms with van der Waals surface area (Å²) in [7, 11) is 0. The van der Waals surface area contributed by atoms with Gasteiger partial charge in [0.15, 0.2) is 12.4 Å². The smallest absolute Gasteiger partial charge is 0.245 e. The summed E-state index contributed by atoms with van der Waals surface area (Å²) in [4.78, 5) is 16.4. The quantitative estimate of drug-likeness (QED) is 0.527. The third-order valence-electron chi connectivity index (χ3n) is 3.02. The van der Waals surface area contributed by atoms with E-state index in [-0.39, 0.29) is 5.78 Å². The van der Waals surface area contributed by atoms with E-state index in [1.54, 1.807) is 6.20 Å². The molecule has 92 valence electrons. The summed E-state index contributed by atoms with van der Waals surface area (Å²) in [6, 6.07) is 15.5. The van der Waals surface area contributed by atoms with Crippen molar-refractivity contribution < 1.29 is 9.36 Å². The van der Waals surface area contributed by atoms with Crippen molar-refractivity contribution in [2.75, 3.05) is 0 Å². The summed E-state index contributed by atoms with van der Waals surface area (Å²) in [5.74, 6) is 0.0157. The first-order valence-electron chi connectivity index (χ1n) is 6.15. The highest BCUT2D eigenvalue weighted by molar-refractivity contribution is 5.96. The molecular weight excluding hydrogens is 236 g/mol. The summed E-state index contributed by atoms with van der Waals surface area (Å²) < 4.78 is 1.85. The van der Waals surface area contributed by atoms with Gasteiger partial charge in [0.1, 0.15) is 5.69 Å². The molecule has 0 amide bonds. The van der Waals surface area contributed by atoms with Crippen LogP contribution in [0.2, 0.25) is 0 Å². The molecule has 0 aliphatic rings. The third kappa shape index (κ3) is 2.50. The summed E-state index contributed by atoms with van der Waals surface area (Å²) in [6.45, 7) is 0.312. The molecule has 0 fully saturated rings. The predicted molar refractivity (Wildman–Crippen MR) is 72.7 cm³/mol. The number of fused-ring (bicyclic) bond motifs is 1. The number of ketones is 1. The fourth-order valence-electron chi connectivity index (χ4n) is 2.02. The molecule has 0 N–H and O–H groups in total. The van der Waals surface area contributed by atoms with Gasteiger partial charge in [-0.3, -0.25) is 9.78 Å². The Morgan fingerprint density at radius 2 is 1.74 bits per heavy atom. The molecule has 0 saturated carbocycles. The number of pyridine rings is 2. The number of rotatable bonds is 3. The van der Waals surface area contributed by atoms with Gasteiger partial charge in [-0.15, -0.1) is 0 Å². The molecule has 0 aliphatic heterocycles. The van der Waals surface area contributed by atoms with Crippen LogP contribution < -0.4 is 4.57 Å². The maximum Gasteiger partial charge on any atom is 0.245 e. The minimum absolute atomic E-state index is 0.0157. The predicted octanol–water partition coefficient (Wildman–Crippen LogP) is 2.41. The van der Waals surface area contributed by atoms with Crippen LogP contribution in [-0.4, -0.2) is 10.8 Å². The minimum atomic E-state index is 0.0157. The van der Waals surface area contributed by atoms with Crippen molar-refractivity contribution in [3.05, 3.63) is 72.8 Å². The van der Waals surface area contributed by atoms with Crippen LogP contribution in [0.3, 0.4) is 0 Å². The van der Waals surface area contributed by atoms with Gasteiger partial charge in [0, 0.05) is 23.7 Å². The molecule has 0 aliphatic carbocycles. The molecule has 0 radical (unpaired) electrons. The summed E-state index contributed by atoms with van der Waals surface area (Å²) in [5.41, 5.74) is 0.509. The van der Waals surface area contributed by atoms with Crippen LogP contribution in [0.15, 0.2) is 67.1 Å². The average Bonchev–Trinajstić information content (AvgIpc) is 2.48. The fraction of sp³-hybridized carbons (Fsp3) is 0.0625. The number of benzene rings is 1. The lowest BCUT2D eigenvalue weighted by Crippen LogP contribution is -2.37. The Kier molecular flexibility index (Phi) is 3.02. The number of carbonyl (C=O) groups is 1. The monoisotopic (exact) mass is 249 g/mol. The highest BCUT2D eigenvalue weighted by atomic mass is 16.1. The lowest BCUT2D eigenvalue weighted by Gasteiger charge is -2.00. The summed E-state index contributed by atoms with van der Waals surface area (Å²) >= 11 is 0. The van der Waals surface area contributed by atoms with Crippen LogP contribution in [-0.2, 0) is 6.54 Å². The van der Waals surface area contributed by atoms with Crippen molar-refractivity contribution in [3.63, 3.8) is 0 Å². The van der Waals surface area contributed by atoms with Gasteiger partial charge >= 0.3 is 0 Å². The molecule has 0 unspecified atom stereocenters. The van der Waals surface area contributed by atoms with Crippen molar-refractivity contribution in [1.29, 1.82) is 0 Å². The SMILES string of the molecule is O=C(C[n+]1ccccc1)c1cc2ccccc2cn1. The van der Waals surface area contributed by atoms with Crippen LogP contribution in [0.4, 0.5) is 0 Å². The Balaban J connectivity index is 1.89. The largest absolute Gasteiger partial charge is 0.285 e. The molecule has 3 nitrogen and oxygen atoms in total. The van der Waals surface area contributed by atoms with Crippen molar-refractivity contribution in [2.45, 2.75) is 6.54 Å². The standard InChI is InChI=1S/C16H13N2O/c19-16(12-18-8-4-1-5-9-18)15-10-13-6-2-3-7-14(13)11-17-15/h1-11H,12H2/q+1. The molecule has 3 rings (SSSR count). The molecule has 2 heterocycles. The van der Waals surface area contributed by atoms with Crippen molar-refractivity contribution in [3.8, 4) is 0 Å². The lowest BCUT2D eigenvalue weighted by atomic mass is 10.1. The Morgan fingerprint density at radius 1 is 1.00 bits per heavy atom. The highest BCUT2D eigenvalue weighted by Crippen LogP contribution is 2.13. The number of Topliss-reactive ketones (excluding diaryl/α,β-unsaturated/α-hetero) is 1. The van der Waals surface area contributed by atoms with Crippen LogP contribution in [0.1, 0.15) is 10.5 Å². The molecule has 19 heavy (non-hydrogen) atoms. The van der Waals surface area contributed by atoms with Gasteiger partial charge in [-0.25, -0.2) is 0 Å². The molecule has 3 aromatic rings. The van der Waals surface area contributed by atoms with E-state index in [1.165, 1.54) is 0 Å². The molecule has 0 atom stereocenters. The average molecular weight is 249 g/mol. The Morgan fingerprint density at radius 3 is 2.53 bits per heavy atom. The van der Waals surface area contributed by atoms with E-state index in [1.807, 2.05) is 65.5 Å². The first kappa shape index (κ1) is 11.5.